The van der Waals surface area contributed by atoms with Gasteiger partial charge in [-0.3, -0.25) is 0 Å². The predicted octanol–water partition coefficient (Wildman–Crippen LogP) is 3.16. The molecule has 70 valence electrons. The zero-order chi connectivity index (χ0) is 8.81. The Labute approximate surface area is 75.8 Å². The van der Waals surface area contributed by atoms with E-state index in [4.69, 9.17) is 4.74 Å². The van der Waals surface area contributed by atoms with Crippen molar-refractivity contribution in [1.82, 2.24) is 0 Å². The van der Waals surface area contributed by atoms with E-state index >= 15 is 0 Å². The van der Waals surface area contributed by atoms with Crippen molar-refractivity contribution in [3.8, 4) is 0 Å². The molecule has 0 aliphatic carbocycles. The van der Waals surface area contributed by atoms with Crippen molar-refractivity contribution in [2.24, 2.45) is 5.92 Å². The Bertz CT molecular complexity index is 129. The first-order valence-electron chi connectivity index (χ1n) is 5.11. The molecule has 0 aromatic heterocycles. The Balaban J connectivity index is 2.36. The largest absolute Gasteiger partial charge is 0.378 e. The Kier molecular flexibility index (Phi) is 4.37. The second-order valence-electron chi connectivity index (χ2n) is 3.62. The lowest BCUT2D eigenvalue weighted by molar-refractivity contribution is -0.0268. The Morgan fingerprint density at radius 3 is 3.08 bits per heavy atom. The molecule has 1 fully saturated rings. The van der Waals surface area contributed by atoms with Crippen LogP contribution in [-0.2, 0) is 4.74 Å². The van der Waals surface area contributed by atoms with Crippen LogP contribution in [-0.4, -0.2) is 12.7 Å². The van der Waals surface area contributed by atoms with Gasteiger partial charge in [-0.2, -0.15) is 0 Å². The van der Waals surface area contributed by atoms with Crippen LogP contribution in [0.15, 0.2) is 12.7 Å². The van der Waals surface area contributed by atoms with Crippen molar-refractivity contribution in [3.63, 3.8) is 0 Å². The monoisotopic (exact) mass is 168 g/mol. The molecule has 12 heavy (non-hydrogen) atoms. The lowest BCUT2D eigenvalue weighted by Crippen LogP contribution is -2.28. The van der Waals surface area contributed by atoms with Crippen LogP contribution in [0.3, 0.4) is 0 Å². The van der Waals surface area contributed by atoms with E-state index in [9.17, 15) is 0 Å². The van der Waals surface area contributed by atoms with Gasteiger partial charge >= 0.3 is 0 Å². The summed E-state index contributed by atoms with van der Waals surface area (Å²) >= 11 is 0. The zero-order valence-electron chi connectivity index (χ0n) is 8.09. The minimum Gasteiger partial charge on any atom is -0.378 e. The summed E-state index contributed by atoms with van der Waals surface area (Å²) in [6.07, 6.45) is 8.69. The average Bonchev–Trinajstić information content (AvgIpc) is 2.09. The molecule has 1 heterocycles. The van der Waals surface area contributed by atoms with Crippen LogP contribution < -0.4 is 0 Å². The molecule has 0 spiro atoms. The summed E-state index contributed by atoms with van der Waals surface area (Å²) in [5, 5.41) is 0. The molecular weight excluding hydrogens is 148 g/mol. The normalized spacial score (nSPS) is 30.1. The molecule has 1 saturated heterocycles. The molecule has 0 aromatic carbocycles. The van der Waals surface area contributed by atoms with Gasteiger partial charge in [0, 0.05) is 6.61 Å². The van der Waals surface area contributed by atoms with Gasteiger partial charge in [0.25, 0.3) is 0 Å². The molecule has 0 N–H and O–H groups in total. The maximum atomic E-state index is 5.71. The molecule has 1 heteroatoms. The highest BCUT2D eigenvalue weighted by molar-refractivity contribution is 4.81. The number of hydrogen-bond acceptors (Lipinski definition) is 1. The summed E-state index contributed by atoms with van der Waals surface area (Å²) in [4.78, 5) is 0. The van der Waals surface area contributed by atoms with Crippen LogP contribution in [0, 0.1) is 5.92 Å². The first-order chi connectivity index (χ1) is 5.88. The Morgan fingerprint density at radius 2 is 2.42 bits per heavy atom. The third kappa shape index (κ3) is 2.63. The van der Waals surface area contributed by atoms with Crippen LogP contribution >= 0.6 is 0 Å². The molecule has 0 amide bonds. The third-order valence-electron chi connectivity index (χ3n) is 2.64. The molecule has 0 bridgehead atoms. The molecule has 2 atom stereocenters. The van der Waals surface area contributed by atoms with Gasteiger partial charge in [-0.15, -0.1) is 6.58 Å². The summed E-state index contributed by atoms with van der Waals surface area (Å²) in [5.74, 6) is 0.793. The fourth-order valence-electron chi connectivity index (χ4n) is 2.03. The van der Waals surface area contributed by atoms with E-state index in [0.717, 1.165) is 18.9 Å². The second kappa shape index (κ2) is 5.36. The fourth-order valence-corrected chi connectivity index (χ4v) is 2.03. The molecule has 1 nitrogen and oxygen atoms in total. The molecule has 0 aromatic rings. The standard InChI is InChI=1S/C11H20O/c1-3-6-10-8-5-9-12-11(10)7-4-2/h4,10-11H,2-3,5-9H2,1H3. The van der Waals surface area contributed by atoms with Crippen LogP contribution in [0.1, 0.15) is 39.0 Å². The minimum absolute atomic E-state index is 0.469. The minimum atomic E-state index is 0.469. The first kappa shape index (κ1) is 9.79. The van der Waals surface area contributed by atoms with Gasteiger partial charge in [-0.1, -0.05) is 19.4 Å². The first-order valence-corrected chi connectivity index (χ1v) is 5.11. The van der Waals surface area contributed by atoms with Gasteiger partial charge in [0.1, 0.15) is 0 Å². The van der Waals surface area contributed by atoms with Crippen molar-refractivity contribution in [1.29, 1.82) is 0 Å². The van der Waals surface area contributed by atoms with Crippen molar-refractivity contribution < 1.29 is 4.74 Å². The highest BCUT2D eigenvalue weighted by Gasteiger charge is 2.23. The molecular formula is C11H20O. The smallest absolute Gasteiger partial charge is 0.0637 e. The third-order valence-corrected chi connectivity index (χ3v) is 2.64. The van der Waals surface area contributed by atoms with Gasteiger partial charge in [-0.25, -0.2) is 0 Å². The molecule has 1 aliphatic heterocycles. The van der Waals surface area contributed by atoms with Gasteiger partial charge in [0.2, 0.25) is 0 Å². The van der Waals surface area contributed by atoms with Crippen molar-refractivity contribution >= 4 is 0 Å². The van der Waals surface area contributed by atoms with Crippen molar-refractivity contribution in [2.75, 3.05) is 6.61 Å². The van der Waals surface area contributed by atoms with Gasteiger partial charge in [0.15, 0.2) is 0 Å². The molecule has 0 saturated carbocycles. The van der Waals surface area contributed by atoms with Crippen LogP contribution in [0.5, 0.6) is 0 Å². The number of ether oxygens (including phenoxy) is 1. The van der Waals surface area contributed by atoms with E-state index in [1.165, 1.54) is 25.7 Å². The van der Waals surface area contributed by atoms with Crippen LogP contribution in [0.25, 0.3) is 0 Å². The maximum absolute atomic E-state index is 5.71. The Morgan fingerprint density at radius 1 is 1.58 bits per heavy atom. The van der Waals surface area contributed by atoms with Gasteiger partial charge in [0.05, 0.1) is 6.10 Å². The summed E-state index contributed by atoms with van der Waals surface area (Å²) in [7, 11) is 0. The van der Waals surface area contributed by atoms with Crippen LogP contribution in [0.4, 0.5) is 0 Å². The van der Waals surface area contributed by atoms with Crippen molar-refractivity contribution in [3.05, 3.63) is 12.7 Å². The SMILES string of the molecule is C=CCC1OCCCC1CCC. The summed E-state index contributed by atoms with van der Waals surface area (Å²) in [5.41, 5.74) is 0. The number of rotatable bonds is 4. The van der Waals surface area contributed by atoms with E-state index in [1.807, 2.05) is 6.08 Å². The fraction of sp³-hybridized carbons (Fsp3) is 0.818. The predicted molar refractivity (Wildman–Crippen MR) is 52.2 cm³/mol. The van der Waals surface area contributed by atoms with E-state index in [-0.39, 0.29) is 0 Å². The molecule has 0 radical (unpaired) electrons. The summed E-state index contributed by atoms with van der Waals surface area (Å²) in [6.45, 7) is 6.98. The lowest BCUT2D eigenvalue weighted by Gasteiger charge is -2.30. The van der Waals surface area contributed by atoms with E-state index in [2.05, 4.69) is 13.5 Å². The zero-order valence-corrected chi connectivity index (χ0v) is 8.09. The van der Waals surface area contributed by atoms with Gasteiger partial charge in [-0.05, 0) is 31.6 Å². The van der Waals surface area contributed by atoms with Crippen LogP contribution in [0.2, 0.25) is 0 Å². The topological polar surface area (TPSA) is 9.23 Å². The second-order valence-corrected chi connectivity index (χ2v) is 3.62. The molecule has 2 unspecified atom stereocenters. The van der Waals surface area contributed by atoms with Gasteiger partial charge < -0.3 is 4.74 Å². The molecule has 1 aliphatic rings. The van der Waals surface area contributed by atoms with E-state index < -0.39 is 0 Å². The summed E-state index contributed by atoms with van der Waals surface area (Å²) in [6, 6.07) is 0. The number of hydrogen-bond donors (Lipinski definition) is 0. The van der Waals surface area contributed by atoms with E-state index in [1.54, 1.807) is 0 Å². The lowest BCUT2D eigenvalue weighted by atomic mass is 9.88. The van der Waals surface area contributed by atoms with Crippen molar-refractivity contribution in [2.45, 2.75) is 45.1 Å². The van der Waals surface area contributed by atoms with E-state index in [0.29, 0.717) is 6.10 Å². The summed E-state index contributed by atoms with van der Waals surface area (Å²) < 4.78 is 5.71. The highest BCUT2D eigenvalue weighted by Crippen LogP contribution is 2.27. The highest BCUT2D eigenvalue weighted by atomic mass is 16.5. The quantitative estimate of drug-likeness (QED) is 0.586. The average molecular weight is 168 g/mol. The molecule has 1 rings (SSSR count). The Hall–Kier alpha value is -0.300. The maximum Gasteiger partial charge on any atom is 0.0637 e.